The molecule has 3 aromatic carbocycles. The van der Waals surface area contributed by atoms with Crippen molar-refractivity contribution < 1.29 is 27.6 Å². The van der Waals surface area contributed by atoms with Gasteiger partial charge in [-0.25, -0.2) is 8.42 Å². The number of hydrogen-bond acceptors (Lipinski definition) is 7. The summed E-state index contributed by atoms with van der Waals surface area (Å²) in [6, 6.07) is 15.4. The molecule has 0 unspecified atom stereocenters. The first-order chi connectivity index (χ1) is 16.7. The maximum Gasteiger partial charge on any atom is 0.324 e. The molecule has 0 heterocycles. The van der Waals surface area contributed by atoms with E-state index < -0.39 is 27.0 Å². The third-order valence-corrected chi connectivity index (χ3v) is 7.31. The second kappa shape index (κ2) is 9.85. The van der Waals surface area contributed by atoms with Gasteiger partial charge in [0.25, 0.3) is 5.69 Å². The van der Waals surface area contributed by atoms with Crippen LogP contribution in [0.25, 0.3) is 11.1 Å². The first-order valence-corrected chi connectivity index (χ1v) is 12.4. The minimum Gasteiger partial charge on any atom is -0.496 e. The minimum absolute atomic E-state index is 0.0179. The van der Waals surface area contributed by atoms with E-state index in [9.17, 15) is 23.3 Å². The number of carbonyl (C=O) groups excluding carboxylic acids is 1. The summed E-state index contributed by atoms with van der Waals surface area (Å²) in [5.74, 6) is -0.502. The lowest BCUT2D eigenvalue weighted by Gasteiger charge is -2.19. The molecule has 0 aromatic heterocycles. The molecule has 0 radical (unpaired) electrons. The van der Waals surface area contributed by atoms with Crippen LogP contribution < -0.4 is 9.46 Å². The molecule has 0 bridgehead atoms. The fourth-order valence-corrected chi connectivity index (χ4v) is 5.45. The summed E-state index contributed by atoms with van der Waals surface area (Å²) in [5, 5.41) is 11.2. The van der Waals surface area contributed by atoms with Gasteiger partial charge in [-0.3, -0.25) is 14.9 Å². The van der Waals surface area contributed by atoms with Gasteiger partial charge in [0, 0.05) is 24.1 Å². The molecule has 1 atom stereocenters. The molecule has 1 N–H and O–H groups in total. The lowest BCUT2D eigenvalue weighted by atomic mass is 10.0. The average molecular weight is 497 g/mol. The van der Waals surface area contributed by atoms with Crippen LogP contribution in [0.4, 0.5) is 5.69 Å². The lowest BCUT2D eigenvalue weighted by molar-refractivity contribution is -0.384. The SMILES string of the molecule is CCOC(=O)[C@H](Cc1cc([N+](=O)[O-])ccc1OC)NS(=O)(=O)c1ccc2c(c1)Cc1ccccc1-2. The topological polar surface area (TPSA) is 125 Å². The van der Waals surface area contributed by atoms with E-state index >= 15 is 0 Å². The van der Waals surface area contributed by atoms with Gasteiger partial charge in [-0.05, 0) is 53.8 Å². The van der Waals surface area contributed by atoms with Gasteiger partial charge in [-0.15, -0.1) is 0 Å². The Bertz CT molecular complexity index is 1400. The number of esters is 1. The smallest absolute Gasteiger partial charge is 0.324 e. The number of ether oxygens (including phenoxy) is 2. The Morgan fingerprint density at radius 1 is 1.09 bits per heavy atom. The summed E-state index contributed by atoms with van der Waals surface area (Å²) >= 11 is 0. The third-order valence-electron chi connectivity index (χ3n) is 5.84. The van der Waals surface area contributed by atoms with Crippen molar-refractivity contribution in [2.45, 2.75) is 30.7 Å². The van der Waals surface area contributed by atoms with Crippen LogP contribution in [0, 0.1) is 10.1 Å². The van der Waals surface area contributed by atoms with Crippen molar-refractivity contribution in [3.8, 4) is 16.9 Å². The first-order valence-electron chi connectivity index (χ1n) is 10.9. The van der Waals surface area contributed by atoms with Crippen molar-refractivity contribution in [1.82, 2.24) is 4.72 Å². The predicted molar refractivity (Wildman–Crippen MR) is 129 cm³/mol. The monoisotopic (exact) mass is 496 g/mol. The molecule has 0 fully saturated rings. The molecule has 0 saturated carbocycles. The standard InChI is InChI=1S/C25H24N2O7S/c1-3-34-25(28)23(15-18-13-19(27(29)30)8-11-24(18)33-2)26-35(31,32)20-9-10-22-17(14-20)12-16-6-4-5-7-21(16)22/h4-11,13-14,23,26H,3,12,15H2,1-2H3/t23-/m0/s1. The van der Waals surface area contributed by atoms with Crippen LogP contribution in [0.3, 0.4) is 0 Å². The van der Waals surface area contributed by atoms with Gasteiger partial charge < -0.3 is 9.47 Å². The Morgan fingerprint density at radius 3 is 2.54 bits per heavy atom. The number of nitrogens with zero attached hydrogens (tertiary/aromatic N) is 1. The molecule has 0 aliphatic heterocycles. The zero-order chi connectivity index (χ0) is 25.2. The van der Waals surface area contributed by atoms with Crippen LogP contribution in [-0.2, 0) is 32.4 Å². The van der Waals surface area contributed by atoms with Gasteiger partial charge in [0.05, 0.1) is 23.5 Å². The number of carbonyl (C=O) groups is 1. The molecule has 3 aromatic rings. The number of sulfonamides is 1. The fourth-order valence-electron chi connectivity index (χ4n) is 4.22. The van der Waals surface area contributed by atoms with E-state index in [4.69, 9.17) is 9.47 Å². The van der Waals surface area contributed by atoms with E-state index in [1.165, 1.54) is 31.4 Å². The molecular formula is C25H24N2O7S. The van der Waals surface area contributed by atoms with Gasteiger partial charge in [-0.1, -0.05) is 30.3 Å². The largest absolute Gasteiger partial charge is 0.496 e. The van der Waals surface area contributed by atoms with Gasteiger partial charge >= 0.3 is 5.97 Å². The van der Waals surface area contributed by atoms with Gasteiger partial charge in [0.15, 0.2) is 0 Å². The number of fused-ring (bicyclic) bond motifs is 3. The normalized spacial score (nSPS) is 13.0. The Hall–Kier alpha value is -3.76. The molecular weight excluding hydrogens is 472 g/mol. The molecule has 9 nitrogen and oxygen atoms in total. The van der Waals surface area contributed by atoms with Crippen LogP contribution in [0.5, 0.6) is 5.75 Å². The number of nitrogens with one attached hydrogen (secondary N) is 1. The number of benzene rings is 3. The maximum atomic E-state index is 13.3. The van der Waals surface area contributed by atoms with E-state index in [0.29, 0.717) is 17.7 Å². The predicted octanol–water partition coefficient (Wildman–Crippen LogP) is 3.63. The highest BCUT2D eigenvalue weighted by molar-refractivity contribution is 7.89. The zero-order valence-corrected chi connectivity index (χ0v) is 20.0. The molecule has 10 heteroatoms. The summed E-state index contributed by atoms with van der Waals surface area (Å²) in [6.07, 6.45) is 0.417. The van der Waals surface area contributed by atoms with Gasteiger partial charge in [0.1, 0.15) is 11.8 Å². The number of rotatable bonds is 9. The first kappa shape index (κ1) is 24.4. The van der Waals surface area contributed by atoms with Crippen molar-refractivity contribution in [3.05, 3.63) is 87.5 Å². The summed E-state index contributed by atoms with van der Waals surface area (Å²) < 4.78 is 39.3. The fraction of sp³-hybridized carbons (Fsp3) is 0.240. The number of nitro groups is 1. The molecule has 35 heavy (non-hydrogen) atoms. The van der Waals surface area contributed by atoms with Gasteiger partial charge in [-0.2, -0.15) is 4.72 Å². The molecule has 0 saturated heterocycles. The molecule has 4 rings (SSSR count). The highest BCUT2D eigenvalue weighted by atomic mass is 32.2. The maximum absolute atomic E-state index is 13.3. The van der Waals surface area contributed by atoms with Crippen molar-refractivity contribution >= 4 is 21.7 Å². The number of methoxy groups -OCH3 is 1. The van der Waals surface area contributed by atoms with Crippen molar-refractivity contribution in [3.63, 3.8) is 0 Å². The molecule has 1 aliphatic carbocycles. The van der Waals surface area contributed by atoms with Crippen LogP contribution in [0.15, 0.2) is 65.6 Å². The second-order valence-corrected chi connectivity index (χ2v) is 9.75. The van der Waals surface area contributed by atoms with Crippen LogP contribution in [0.2, 0.25) is 0 Å². The highest BCUT2D eigenvalue weighted by Gasteiger charge is 2.30. The Labute approximate surface area is 202 Å². The Morgan fingerprint density at radius 2 is 1.83 bits per heavy atom. The number of hydrogen-bond donors (Lipinski definition) is 1. The lowest BCUT2D eigenvalue weighted by Crippen LogP contribution is -2.43. The Balaban J connectivity index is 1.64. The summed E-state index contributed by atoms with van der Waals surface area (Å²) in [7, 11) is -2.74. The van der Waals surface area contributed by atoms with Crippen molar-refractivity contribution in [2.24, 2.45) is 0 Å². The molecule has 0 spiro atoms. The number of non-ortho nitro benzene ring substituents is 1. The second-order valence-electron chi connectivity index (χ2n) is 8.04. The number of nitro benzene ring substituents is 1. The van der Waals surface area contributed by atoms with Crippen LogP contribution >= 0.6 is 0 Å². The quantitative estimate of drug-likeness (QED) is 0.213. The van der Waals surface area contributed by atoms with Crippen LogP contribution in [0.1, 0.15) is 23.6 Å². The van der Waals surface area contributed by atoms with Gasteiger partial charge in [0.2, 0.25) is 10.0 Å². The highest BCUT2D eigenvalue weighted by Crippen LogP contribution is 2.37. The Kier molecular flexibility index (Phi) is 6.86. The van der Waals surface area contributed by atoms with E-state index in [1.54, 1.807) is 19.1 Å². The average Bonchev–Trinajstić information content (AvgIpc) is 3.21. The summed E-state index contributed by atoms with van der Waals surface area (Å²) in [5.41, 5.74) is 4.13. The summed E-state index contributed by atoms with van der Waals surface area (Å²) in [6.45, 7) is 1.65. The molecule has 182 valence electrons. The van der Waals surface area contributed by atoms with E-state index in [-0.39, 0.29) is 23.6 Å². The third kappa shape index (κ3) is 5.03. The van der Waals surface area contributed by atoms with Crippen molar-refractivity contribution in [2.75, 3.05) is 13.7 Å². The van der Waals surface area contributed by atoms with E-state index in [2.05, 4.69) is 4.72 Å². The summed E-state index contributed by atoms with van der Waals surface area (Å²) in [4.78, 5) is 23.4. The molecule has 0 amide bonds. The minimum atomic E-state index is -4.12. The van der Waals surface area contributed by atoms with E-state index in [0.717, 1.165) is 22.3 Å². The van der Waals surface area contributed by atoms with Crippen LogP contribution in [-0.4, -0.2) is 39.1 Å². The van der Waals surface area contributed by atoms with E-state index in [1.807, 2.05) is 24.3 Å². The molecule has 1 aliphatic rings. The zero-order valence-electron chi connectivity index (χ0n) is 19.2. The van der Waals surface area contributed by atoms with Crippen molar-refractivity contribution in [1.29, 1.82) is 0 Å².